The zero-order valence-corrected chi connectivity index (χ0v) is 18.0. The average Bonchev–Trinajstić information content (AvgIpc) is 2.45. The highest BCUT2D eigenvalue weighted by Gasteiger charge is 2.17. The normalized spacial score (nSPS) is 10.9. The summed E-state index contributed by atoms with van der Waals surface area (Å²) in [6.07, 6.45) is 0.477. The first-order chi connectivity index (χ1) is 9.73. The van der Waals surface area contributed by atoms with Crippen molar-refractivity contribution in [1.82, 2.24) is 0 Å². The van der Waals surface area contributed by atoms with Crippen LogP contribution < -0.4 is 0 Å². The second-order valence-electron chi connectivity index (χ2n) is 4.20. The molecule has 0 saturated carbocycles. The van der Waals surface area contributed by atoms with Crippen LogP contribution in [0.3, 0.4) is 0 Å². The van der Waals surface area contributed by atoms with Gasteiger partial charge in [0.15, 0.2) is 11.5 Å². The molecule has 2 aromatic rings. The molecular weight excluding hydrogens is 604 g/mol. The molecule has 0 unspecified atom stereocenters. The molecule has 0 aliphatic rings. The Morgan fingerprint density at radius 1 is 0.667 bits per heavy atom. The number of aromatic hydroxyl groups is 3. The summed E-state index contributed by atoms with van der Waals surface area (Å²) < 4.78 is 2.88. The third-order valence-corrected chi connectivity index (χ3v) is 7.85. The molecule has 0 fully saturated rings. The van der Waals surface area contributed by atoms with Crippen molar-refractivity contribution in [3.8, 4) is 17.2 Å². The molecule has 0 aromatic heterocycles. The quantitative estimate of drug-likeness (QED) is 0.280. The Hall–Kier alpha value is 0.240. The largest absolute Gasteiger partial charge is 0.506 e. The molecule has 0 atom stereocenters. The van der Waals surface area contributed by atoms with Gasteiger partial charge in [-0.2, -0.15) is 0 Å². The summed E-state index contributed by atoms with van der Waals surface area (Å²) in [4.78, 5) is 0. The fraction of sp³-hybridized carbons (Fsp3) is 0.0769. The van der Waals surface area contributed by atoms with Gasteiger partial charge in [0.1, 0.15) is 5.75 Å². The van der Waals surface area contributed by atoms with E-state index in [9.17, 15) is 15.3 Å². The van der Waals surface area contributed by atoms with E-state index in [1.807, 2.05) is 0 Å². The zero-order chi connectivity index (χ0) is 15.9. The highest BCUT2D eigenvalue weighted by molar-refractivity contribution is 9.13. The lowest BCUT2D eigenvalue weighted by atomic mass is 10.0. The average molecular weight is 611 g/mol. The monoisotopic (exact) mass is 606 g/mol. The third-order valence-electron chi connectivity index (χ3n) is 2.83. The van der Waals surface area contributed by atoms with Crippen molar-refractivity contribution >= 4 is 79.6 Å². The second kappa shape index (κ2) is 6.78. The lowest BCUT2D eigenvalue weighted by molar-refractivity contribution is 0.400. The van der Waals surface area contributed by atoms with Crippen LogP contribution >= 0.6 is 79.6 Å². The van der Waals surface area contributed by atoms with E-state index in [-0.39, 0.29) is 17.2 Å². The second-order valence-corrected chi connectivity index (χ2v) is 8.23. The molecule has 0 aliphatic heterocycles. The molecule has 8 heteroatoms. The molecule has 2 aromatic carbocycles. The molecule has 0 amide bonds. The minimum atomic E-state index is -0.210. The Morgan fingerprint density at radius 3 is 1.71 bits per heavy atom. The third kappa shape index (κ3) is 3.44. The van der Waals surface area contributed by atoms with E-state index in [1.165, 1.54) is 6.07 Å². The smallest absolute Gasteiger partial charge is 0.173 e. The van der Waals surface area contributed by atoms with Gasteiger partial charge in [-0.1, -0.05) is 0 Å². The maximum atomic E-state index is 9.84. The Morgan fingerprint density at radius 2 is 1.14 bits per heavy atom. The minimum absolute atomic E-state index is 0.111. The van der Waals surface area contributed by atoms with E-state index in [4.69, 9.17) is 0 Å². The summed E-state index contributed by atoms with van der Waals surface area (Å²) >= 11 is 16.7. The summed E-state index contributed by atoms with van der Waals surface area (Å²) in [5, 5.41) is 29.3. The number of phenols is 3. The molecular formula is C13H7Br5O3. The molecule has 0 radical (unpaired) electrons. The number of benzene rings is 2. The lowest BCUT2D eigenvalue weighted by Gasteiger charge is -2.13. The Labute approximate surface area is 163 Å². The fourth-order valence-corrected chi connectivity index (χ4v) is 4.30. The summed E-state index contributed by atoms with van der Waals surface area (Å²) in [7, 11) is 0. The molecule has 0 saturated heterocycles. The van der Waals surface area contributed by atoms with Crippen molar-refractivity contribution in [2.75, 3.05) is 0 Å². The number of hydrogen-bond donors (Lipinski definition) is 3. The van der Waals surface area contributed by atoms with E-state index in [1.54, 1.807) is 6.07 Å². The maximum Gasteiger partial charge on any atom is 0.173 e. The van der Waals surface area contributed by atoms with Crippen molar-refractivity contribution < 1.29 is 15.3 Å². The van der Waals surface area contributed by atoms with Gasteiger partial charge >= 0.3 is 0 Å². The zero-order valence-electron chi connectivity index (χ0n) is 10.1. The fourth-order valence-electron chi connectivity index (χ4n) is 1.75. The number of rotatable bonds is 2. The van der Waals surface area contributed by atoms with Crippen LogP contribution in [-0.4, -0.2) is 15.3 Å². The SMILES string of the molecule is Oc1cc(Cc2cc(Br)c(O)c(Br)c2Br)c(Br)c(Br)c1O. The summed E-state index contributed by atoms with van der Waals surface area (Å²) in [6.45, 7) is 0. The molecule has 0 spiro atoms. The van der Waals surface area contributed by atoms with Gasteiger partial charge < -0.3 is 15.3 Å². The van der Waals surface area contributed by atoms with Crippen LogP contribution in [0.1, 0.15) is 11.1 Å². The van der Waals surface area contributed by atoms with Crippen molar-refractivity contribution in [3.05, 3.63) is 45.6 Å². The molecule has 0 bridgehead atoms. The minimum Gasteiger partial charge on any atom is -0.506 e. The molecule has 112 valence electrons. The van der Waals surface area contributed by atoms with Crippen LogP contribution in [0.5, 0.6) is 17.2 Å². The highest BCUT2D eigenvalue weighted by Crippen LogP contribution is 2.44. The topological polar surface area (TPSA) is 60.7 Å². The molecule has 2 rings (SSSR count). The Bertz CT molecular complexity index is 669. The van der Waals surface area contributed by atoms with E-state index >= 15 is 0 Å². The van der Waals surface area contributed by atoms with E-state index < -0.39 is 0 Å². The van der Waals surface area contributed by atoms with Gasteiger partial charge in [0, 0.05) is 8.95 Å². The summed E-state index contributed by atoms with van der Waals surface area (Å²) in [5.41, 5.74) is 1.67. The summed E-state index contributed by atoms with van der Waals surface area (Å²) in [6, 6.07) is 3.28. The van der Waals surface area contributed by atoms with Gasteiger partial charge in [0.2, 0.25) is 0 Å². The lowest BCUT2D eigenvalue weighted by Crippen LogP contribution is -1.94. The van der Waals surface area contributed by atoms with Crippen LogP contribution in [-0.2, 0) is 6.42 Å². The van der Waals surface area contributed by atoms with Crippen molar-refractivity contribution in [2.24, 2.45) is 0 Å². The van der Waals surface area contributed by atoms with E-state index in [0.717, 1.165) is 15.6 Å². The molecule has 0 aliphatic carbocycles. The number of halogens is 5. The molecule has 3 N–H and O–H groups in total. The van der Waals surface area contributed by atoms with Crippen LogP contribution in [0, 0.1) is 0 Å². The summed E-state index contributed by atoms with van der Waals surface area (Å²) in [5.74, 6) is -0.301. The van der Waals surface area contributed by atoms with Gasteiger partial charge in [-0.15, -0.1) is 0 Å². The number of hydrogen-bond acceptors (Lipinski definition) is 3. The molecule has 0 heterocycles. The van der Waals surface area contributed by atoms with Crippen LogP contribution in [0.4, 0.5) is 0 Å². The van der Waals surface area contributed by atoms with Crippen LogP contribution in [0.15, 0.2) is 34.5 Å². The Kier molecular flexibility index (Phi) is 5.68. The maximum absolute atomic E-state index is 9.84. The molecule has 3 nitrogen and oxygen atoms in total. The Balaban J connectivity index is 2.54. The van der Waals surface area contributed by atoms with Crippen molar-refractivity contribution in [3.63, 3.8) is 0 Å². The highest BCUT2D eigenvalue weighted by atomic mass is 79.9. The van der Waals surface area contributed by atoms with E-state index in [0.29, 0.717) is 24.3 Å². The van der Waals surface area contributed by atoms with Crippen molar-refractivity contribution in [1.29, 1.82) is 0 Å². The predicted octanol–water partition coefficient (Wildman–Crippen LogP) is 6.21. The van der Waals surface area contributed by atoms with Gasteiger partial charge in [-0.05, 0) is 109 Å². The first kappa shape index (κ1) is 17.6. The van der Waals surface area contributed by atoms with Gasteiger partial charge in [0.05, 0.1) is 13.4 Å². The molecule has 21 heavy (non-hydrogen) atoms. The first-order valence-corrected chi connectivity index (χ1v) is 9.44. The first-order valence-electron chi connectivity index (χ1n) is 5.48. The van der Waals surface area contributed by atoms with Crippen molar-refractivity contribution in [2.45, 2.75) is 6.42 Å². The number of phenolic OH excluding ortho intramolecular Hbond substituents is 3. The van der Waals surface area contributed by atoms with Crippen LogP contribution in [0.2, 0.25) is 0 Å². The van der Waals surface area contributed by atoms with Gasteiger partial charge in [-0.3, -0.25) is 0 Å². The predicted molar refractivity (Wildman–Crippen MR) is 99.2 cm³/mol. The van der Waals surface area contributed by atoms with Gasteiger partial charge in [-0.25, -0.2) is 0 Å². The van der Waals surface area contributed by atoms with Gasteiger partial charge in [0.25, 0.3) is 0 Å². The van der Waals surface area contributed by atoms with E-state index in [2.05, 4.69) is 79.6 Å². The van der Waals surface area contributed by atoms with Crippen LogP contribution in [0.25, 0.3) is 0 Å². The standard InChI is InChI=1S/C13H7Br5O3/c14-6-2-4(8(15)10(17)12(6)20)1-5-3-7(19)13(21)11(18)9(5)16/h2-3,19-21H,1H2.